The summed E-state index contributed by atoms with van der Waals surface area (Å²) in [6, 6.07) is 0.365. The first kappa shape index (κ1) is 13.5. The number of carbonyl (C=O) groups is 1. The molecule has 2 N–H and O–H groups in total. The van der Waals surface area contributed by atoms with E-state index in [4.69, 9.17) is 4.74 Å². The van der Waals surface area contributed by atoms with Crippen LogP contribution in [0, 0.1) is 5.41 Å². The van der Waals surface area contributed by atoms with Crippen molar-refractivity contribution in [1.29, 1.82) is 0 Å². The highest BCUT2D eigenvalue weighted by atomic mass is 16.5. The van der Waals surface area contributed by atoms with Crippen LogP contribution in [0.1, 0.15) is 40.0 Å². The van der Waals surface area contributed by atoms with Gasteiger partial charge in [0, 0.05) is 17.9 Å². The van der Waals surface area contributed by atoms with Crippen molar-refractivity contribution in [2.75, 3.05) is 13.2 Å². The lowest BCUT2D eigenvalue weighted by atomic mass is 9.64. The molecule has 94 valence electrons. The van der Waals surface area contributed by atoms with E-state index in [2.05, 4.69) is 19.2 Å². The van der Waals surface area contributed by atoms with Gasteiger partial charge >= 0.3 is 5.97 Å². The minimum atomic E-state index is -0.199. The summed E-state index contributed by atoms with van der Waals surface area (Å²) in [6.07, 6.45) is 1.87. The van der Waals surface area contributed by atoms with E-state index in [1.165, 1.54) is 0 Å². The molecule has 1 rings (SSSR count). The molecule has 0 aromatic carbocycles. The molecule has 0 aromatic rings. The topological polar surface area (TPSA) is 58.6 Å². The van der Waals surface area contributed by atoms with Crippen LogP contribution in [0.2, 0.25) is 0 Å². The Kier molecular flexibility index (Phi) is 4.74. The van der Waals surface area contributed by atoms with Crippen molar-refractivity contribution < 1.29 is 14.6 Å². The first-order chi connectivity index (χ1) is 7.48. The third kappa shape index (κ3) is 3.19. The minimum Gasteiger partial charge on any atom is -0.466 e. The number of esters is 1. The van der Waals surface area contributed by atoms with Gasteiger partial charge in [0.05, 0.1) is 12.7 Å². The summed E-state index contributed by atoms with van der Waals surface area (Å²) in [6.45, 7) is 7.19. The van der Waals surface area contributed by atoms with Gasteiger partial charge in [-0.2, -0.15) is 0 Å². The number of hydrogen-bond acceptors (Lipinski definition) is 4. The Morgan fingerprint density at radius 2 is 2.25 bits per heavy atom. The predicted molar refractivity (Wildman–Crippen MR) is 62.1 cm³/mol. The van der Waals surface area contributed by atoms with Crippen LogP contribution in [0.5, 0.6) is 0 Å². The van der Waals surface area contributed by atoms with Crippen LogP contribution >= 0.6 is 0 Å². The van der Waals surface area contributed by atoms with Gasteiger partial charge in [0.2, 0.25) is 0 Å². The smallest absolute Gasteiger partial charge is 0.305 e. The van der Waals surface area contributed by atoms with Crippen LogP contribution in [0.4, 0.5) is 0 Å². The molecular weight excluding hydrogens is 206 g/mol. The molecule has 1 aliphatic carbocycles. The Morgan fingerprint density at radius 3 is 2.75 bits per heavy atom. The zero-order chi connectivity index (χ0) is 12.2. The van der Waals surface area contributed by atoms with Crippen molar-refractivity contribution in [2.45, 2.75) is 52.2 Å². The number of aliphatic hydroxyl groups is 1. The molecule has 0 heterocycles. The standard InChI is InChI=1S/C12H23NO3/c1-4-16-11(15)6-5-7-13-9-8-10(14)12(9,2)3/h9-10,13-14H,4-8H2,1-3H3. The normalized spacial score (nSPS) is 27.2. The zero-order valence-corrected chi connectivity index (χ0v) is 10.5. The number of rotatable bonds is 6. The van der Waals surface area contributed by atoms with Crippen LogP contribution in [-0.4, -0.2) is 36.4 Å². The Balaban J connectivity index is 2.07. The lowest BCUT2D eigenvalue weighted by molar-refractivity contribution is -0.143. The first-order valence-electron chi connectivity index (χ1n) is 6.05. The maximum atomic E-state index is 11.1. The molecule has 0 bridgehead atoms. The molecule has 16 heavy (non-hydrogen) atoms. The lowest BCUT2D eigenvalue weighted by Crippen LogP contribution is -2.60. The van der Waals surface area contributed by atoms with Gasteiger partial charge < -0.3 is 15.2 Å². The summed E-state index contributed by atoms with van der Waals surface area (Å²) in [4.78, 5) is 11.1. The van der Waals surface area contributed by atoms with E-state index in [0.717, 1.165) is 19.4 Å². The number of aliphatic hydroxyl groups excluding tert-OH is 1. The van der Waals surface area contributed by atoms with Crippen molar-refractivity contribution >= 4 is 5.97 Å². The molecule has 4 nitrogen and oxygen atoms in total. The minimum absolute atomic E-state index is 0.0378. The molecule has 2 atom stereocenters. The Labute approximate surface area is 97.4 Å². The molecular formula is C12H23NO3. The highest BCUT2D eigenvalue weighted by Crippen LogP contribution is 2.40. The van der Waals surface area contributed by atoms with E-state index in [1.807, 2.05) is 6.92 Å². The lowest BCUT2D eigenvalue weighted by Gasteiger charge is -2.49. The van der Waals surface area contributed by atoms with E-state index in [9.17, 15) is 9.90 Å². The van der Waals surface area contributed by atoms with Gasteiger partial charge in [0.1, 0.15) is 0 Å². The van der Waals surface area contributed by atoms with Crippen LogP contribution in [0.3, 0.4) is 0 Å². The molecule has 1 fully saturated rings. The molecule has 0 aromatic heterocycles. The first-order valence-corrected chi connectivity index (χ1v) is 6.05. The molecule has 0 amide bonds. The number of carbonyl (C=O) groups excluding carboxylic acids is 1. The van der Waals surface area contributed by atoms with Gasteiger partial charge in [-0.15, -0.1) is 0 Å². The second kappa shape index (κ2) is 5.64. The summed E-state index contributed by atoms with van der Waals surface area (Å²) in [5.74, 6) is -0.128. The molecule has 1 aliphatic rings. The Bertz CT molecular complexity index is 240. The largest absolute Gasteiger partial charge is 0.466 e. The fourth-order valence-electron chi connectivity index (χ4n) is 1.99. The van der Waals surface area contributed by atoms with E-state index in [1.54, 1.807) is 0 Å². The number of ether oxygens (including phenoxy) is 1. The SMILES string of the molecule is CCOC(=O)CCCNC1CC(O)C1(C)C. The summed E-state index contributed by atoms with van der Waals surface area (Å²) >= 11 is 0. The highest BCUT2D eigenvalue weighted by molar-refractivity contribution is 5.69. The second-order valence-electron chi connectivity index (χ2n) is 4.99. The summed E-state index contributed by atoms with van der Waals surface area (Å²) in [5.41, 5.74) is -0.0378. The average molecular weight is 229 g/mol. The molecule has 2 unspecified atom stereocenters. The summed E-state index contributed by atoms with van der Waals surface area (Å²) in [7, 11) is 0. The van der Waals surface area contributed by atoms with E-state index in [-0.39, 0.29) is 17.5 Å². The zero-order valence-electron chi connectivity index (χ0n) is 10.5. The monoisotopic (exact) mass is 229 g/mol. The fraction of sp³-hybridized carbons (Fsp3) is 0.917. The quantitative estimate of drug-likeness (QED) is 0.528. The van der Waals surface area contributed by atoms with E-state index >= 15 is 0 Å². The van der Waals surface area contributed by atoms with Gasteiger partial charge in [-0.3, -0.25) is 4.79 Å². The van der Waals surface area contributed by atoms with Crippen LogP contribution in [-0.2, 0) is 9.53 Å². The molecule has 0 saturated heterocycles. The second-order valence-corrected chi connectivity index (χ2v) is 4.99. The van der Waals surface area contributed by atoms with Crippen molar-refractivity contribution in [3.63, 3.8) is 0 Å². The van der Waals surface area contributed by atoms with Gasteiger partial charge in [-0.05, 0) is 26.3 Å². The van der Waals surface area contributed by atoms with E-state index < -0.39 is 0 Å². The molecule has 0 aliphatic heterocycles. The average Bonchev–Trinajstić information content (AvgIpc) is 2.23. The van der Waals surface area contributed by atoms with Crippen molar-refractivity contribution in [3.05, 3.63) is 0 Å². The maximum Gasteiger partial charge on any atom is 0.305 e. The fourth-order valence-corrected chi connectivity index (χ4v) is 1.99. The summed E-state index contributed by atoms with van der Waals surface area (Å²) < 4.78 is 4.84. The maximum absolute atomic E-state index is 11.1. The van der Waals surface area contributed by atoms with Crippen molar-refractivity contribution in [2.24, 2.45) is 5.41 Å². The molecule has 1 saturated carbocycles. The van der Waals surface area contributed by atoms with Gasteiger partial charge in [-0.25, -0.2) is 0 Å². The van der Waals surface area contributed by atoms with Crippen LogP contribution < -0.4 is 5.32 Å². The van der Waals surface area contributed by atoms with E-state index in [0.29, 0.717) is 19.1 Å². The molecule has 4 heteroatoms. The van der Waals surface area contributed by atoms with Crippen LogP contribution in [0.15, 0.2) is 0 Å². The Hall–Kier alpha value is -0.610. The summed E-state index contributed by atoms with van der Waals surface area (Å²) in [5, 5.41) is 12.9. The third-order valence-electron chi connectivity index (χ3n) is 3.47. The predicted octanol–water partition coefficient (Wildman–Crippen LogP) is 1.08. The third-order valence-corrected chi connectivity index (χ3v) is 3.47. The number of nitrogens with one attached hydrogen (secondary N) is 1. The van der Waals surface area contributed by atoms with Gasteiger partial charge in [-0.1, -0.05) is 13.8 Å². The van der Waals surface area contributed by atoms with Crippen molar-refractivity contribution in [3.8, 4) is 0 Å². The molecule has 0 radical (unpaired) electrons. The molecule has 0 spiro atoms. The Morgan fingerprint density at radius 1 is 1.56 bits per heavy atom. The van der Waals surface area contributed by atoms with Crippen LogP contribution in [0.25, 0.3) is 0 Å². The number of hydrogen-bond donors (Lipinski definition) is 2. The van der Waals surface area contributed by atoms with Crippen molar-refractivity contribution in [1.82, 2.24) is 5.32 Å². The van der Waals surface area contributed by atoms with Gasteiger partial charge in [0.25, 0.3) is 0 Å². The highest BCUT2D eigenvalue weighted by Gasteiger charge is 2.46. The van der Waals surface area contributed by atoms with Gasteiger partial charge in [0.15, 0.2) is 0 Å².